The minimum atomic E-state index is 0.577. The van der Waals surface area contributed by atoms with E-state index in [0.717, 1.165) is 19.0 Å². The third-order valence-electron chi connectivity index (χ3n) is 4.64. The maximum Gasteiger partial charge on any atom is 0.0925 e. The summed E-state index contributed by atoms with van der Waals surface area (Å²) in [6.07, 6.45) is 9.77. The van der Waals surface area contributed by atoms with Crippen LogP contribution in [0.3, 0.4) is 0 Å². The first-order chi connectivity index (χ1) is 9.36. The normalized spacial score (nSPS) is 28.3. The number of rotatable bonds is 4. The Kier molecular flexibility index (Phi) is 4.18. The van der Waals surface area contributed by atoms with E-state index in [2.05, 4.69) is 27.1 Å². The van der Waals surface area contributed by atoms with E-state index in [-0.39, 0.29) is 0 Å². The van der Waals surface area contributed by atoms with Gasteiger partial charge in [-0.25, -0.2) is 4.98 Å². The van der Waals surface area contributed by atoms with Crippen molar-refractivity contribution in [2.75, 3.05) is 13.1 Å². The van der Waals surface area contributed by atoms with E-state index in [1.807, 2.05) is 6.33 Å². The number of hydrogen-bond donors (Lipinski definition) is 2. The van der Waals surface area contributed by atoms with Crippen LogP contribution in [0.4, 0.5) is 0 Å². The quantitative estimate of drug-likeness (QED) is 0.873. The maximum absolute atomic E-state index is 4.44. The molecule has 2 unspecified atom stereocenters. The SMILES string of the molecule is CCCC1CCCCN1CC1Cc2nc[nH]c2CN1. The molecule has 2 atom stereocenters. The van der Waals surface area contributed by atoms with Crippen LogP contribution in [0.15, 0.2) is 6.33 Å². The van der Waals surface area contributed by atoms with Gasteiger partial charge in [0.2, 0.25) is 0 Å². The van der Waals surface area contributed by atoms with Gasteiger partial charge < -0.3 is 10.3 Å². The van der Waals surface area contributed by atoms with E-state index < -0.39 is 0 Å². The van der Waals surface area contributed by atoms with Crippen molar-refractivity contribution in [2.24, 2.45) is 0 Å². The summed E-state index contributed by atoms with van der Waals surface area (Å²) < 4.78 is 0. The van der Waals surface area contributed by atoms with Gasteiger partial charge >= 0.3 is 0 Å². The molecule has 2 aliphatic rings. The Morgan fingerprint density at radius 3 is 3.26 bits per heavy atom. The predicted octanol–water partition coefficient (Wildman–Crippen LogP) is 2.08. The van der Waals surface area contributed by atoms with Crippen LogP contribution in [0, 0.1) is 0 Å². The third kappa shape index (κ3) is 3.00. The summed E-state index contributed by atoms with van der Waals surface area (Å²) in [7, 11) is 0. The van der Waals surface area contributed by atoms with Crippen molar-refractivity contribution in [2.45, 2.75) is 64.1 Å². The van der Waals surface area contributed by atoms with Crippen molar-refractivity contribution in [1.82, 2.24) is 20.2 Å². The van der Waals surface area contributed by atoms with E-state index >= 15 is 0 Å². The van der Waals surface area contributed by atoms with E-state index in [0.29, 0.717) is 6.04 Å². The van der Waals surface area contributed by atoms with Gasteiger partial charge in [0.25, 0.3) is 0 Å². The maximum atomic E-state index is 4.44. The summed E-state index contributed by atoms with van der Waals surface area (Å²) in [5.41, 5.74) is 2.55. The number of aromatic amines is 1. The fourth-order valence-electron chi connectivity index (χ4n) is 3.60. The second kappa shape index (κ2) is 6.06. The number of nitrogens with one attached hydrogen (secondary N) is 2. The Morgan fingerprint density at radius 1 is 1.42 bits per heavy atom. The molecule has 1 aromatic heterocycles. The molecule has 0 spiro atoms. The van der Waals surface area contributed by atoms with Crippen molar-refractivity contribution in [3.8, 4) is 0 Å². The molecule has 1 aromatic rings. The number of hydrogen-bond acceptors (Lipinski definition) is 3. The Hall–Kier alpha value is -0.870. The molecule has 2 N–H and O–H groups in total. The van der Waals surface area contributed by atoms with E-state index in [4.69, 9.17) is 0 Å². The van der Waals surface area contributed by atoms with E-state index in [1.165, 1.54) is 56.6 Å². The molecule has 4 nitrogen and oxygen atoms in total. The zero-order valence-electron chi connectivity index (χ0n) is 12.0. The predicted molar refractivity (Wildman–Crippen MR) is 77.0 cm³/mol. The number of imidazole rings is 1. The smallest absolute Gasteiger partial charge is 0.0925 e. The summed E-state index contributed by atoms with van der Waals surface area (Å²) in [6, 6.07) is 1.40. The Labute approximate surface area is 116 Å². The Bertz CT molecular complexity index is 399. The number of H-pyrrole nitrogens is 1. The van der Waals surface area contributed by atoms with Crippen LogP contribution in [0.25, 0.3) is 0 Å². The molecule has 0 aromatic carbocycles. The average molecular weight is 262 g/mol. The topological polar surface area (TPSA) is 44.0 Å². The van der Waals surface area contributed by atoms with Crippen LogP contribution in [0.5, 0.6) is 0 Å². The first-order valence-corrected chi connectivity index (χ1v) is 7.85. The van der Waals surface area contributed by atoms with Crippen LogP contribution in [-0.2, 0) is 13.0 Å². The van der Waals surface area contributed by atoms with Gasteiger partial charge in [0.15, 0.2) is 0 Å². The lowest BCUT2D eigenvalue weighted by atomic mass is 9.96. The van der Waals surface area contributed by atoms with Gasteiger partial charge in [0, 0.05) is 31.6 Å². The lowest BCUT2D eigenvalue weighted by molar-refractivity contribution is 0.123. The number of nitrogens with zero attached hydrogens (tertiary/aromatic N) is 2. The lowest BCUT2D eigenvalue weighted by Gasteiger charge is -2.38. The monoisotopic (exact) mass is 262 g/mol. The van der Waals surface area contributed by atoms with Gasteiger partial charge in [-0.15, -0.1) is 0 Å². The molecule has 1 saturated heterocycles. The summed E-state index contributed by atoms with van der Waals surface area (Å²) in [5, 5.41) is 3.66. The molecule has 0 radical (unpaired) electrons. The zero-order valence-corrected chi connectivity index (χ0v) is 12.0. The lowest BCUT2D eigenvalue weighted by Crippen LogP contribution is -2.49. The highest BCUT2D eigenvalue weighted by Gasteiger charge is 2.27. The van der Waals surface area contributed by atoms with Crippen molar-refractivity contribution < 1.29 is 0 Å². The zero-order chi connectivity index (χ0) is 13.1. The molecule has 0 saturated carbocycles. The second-order valence-corrected chi connectivity index (χ2v) is 6.04. The summed E-state index contributed by atoms with van der Waals surface area (Å²) in [6.45, 7) is 5.74. The fraction of sp³-hybridized carbons (Fsp3) is 0.800. The molecule has 0 bridgehead atoms. The molecular formula is C15H26N4. The van der Waals surface area contributed by atoms with Crippen LogP contribution < -0.4 is 5.32 Å². The molecular weight excluding hydrogens is 236 g/mol. The van der Waals surface area contributed by atoms with E-state index in [9.17, 15) is 0 Å². The number of aromatic nitrogens is 2. The molecule has 0 aliphatic carbocycles. The first-order valence-electron chi connectivity index (χ1n) is 7.85. The van der Waals surface area contributed by atoms with Crippen molar-refractivity contribution in [1.29, 1.82) is 0 Å². The Balaban J connectivity index is 1.58. The summed E-state index contributed by atoms with van der Waals surface area (Å²) in [4.78, 5) is 10.4. The van der Waals surface area contributed by atoms with Crippen LogP contribution >= 0.6 is 0 Å². The fourth-order valence-corrected chi connectivity index (χ4v) is 3.60. The van der Waals surface area contributed by atoms with Crippen molar-refractivity contribution in [3.05, 3.63) is 17.7 Å². The van der Waals surface area contributed by atoms with Crippen molar-refractivity contribution >= 4 is 0 Å². The highest BCUT2D eigenvalue weighted by Crippen LogP contribution is 2.22. The van der Waals surface area contributed by atoms with Gasteiger partial charge in [-0.1, -0.05) is 19.8 Å². The van der Waals surface area contributed by atoms with Gasteiger partial charge in [0.05, 0.1) is 17.7 Å². The van der Waals surface area contributed by atoms with Crippen LogP contribution in [0.2, 0.25) is 0 Å². The molecule has 4 heteroatoms. The molecule has 3 rings (SSSR count). The summed E-state index contributed by atoms with van der Waals surface area (Å²) in [5.74, 6) is 0. The second-order valence-electron chi connectivity index (χ2n) is 6.04. The van der Waals surface area contributed by atoms with Gasteiger partial charge in [0.1, 0.15) is 0 Å². The summed E-state index contributed by atoms with van der Waals surface area (Å²) >= 11 is 0. The third-order valence-corrected chi connectivity index (χ3v) is 4.64. The minimum Gasteiger partial charge on any atom is -0.347 e. The van der Waals surface area contributed by atoms with Gasteiger partial charge in [-0.3, -0.25) is 4.90 Å². The molecule has 0 amide bonds. The van der Waals surface area contributed by atoms with Crippen LogP contribution in [-0.4, -0.2) is 40.0 Å². The number of piperidine rings is 1. The first kappa shape index (κ1) is 13.1. The molecule has 1 fully saturated rings. The highest BCUT2D eigenvalue weighted by atomic mass is 15.2. The molecule has 3 heterocycles. The average Bonchev–Trinajstić information content (AvgIpc) is 2.89. The van der Waals surface area contributed by atoms with Gasteiger partial charge in [-0.2, -0.15) is 0 Å². The largest absolute Gasteiger partial charge is 0.347 e. The molecule has 2 aliphatic heterocycles. The van der Waals surface area contributed by atoms with E-state index in [1.54, 1.807) is 0 Å². The van der Waals surface area contributed by atoms with Crippen molar-refractivity contribution in [3.63, 3.8) is 0 Å². The van der Waals surface area contributed by atoms with Gasteiger partial charge in [-0.05, 0) is 25.8 Å². The molecule has 19 heavy (non-hydrogen) atoms. The highest BCUT2D eigenvalue weighted by molar-refractivity contribution is 5.16. The minimum absolute atomic E-state index is 0.577. The number of likely N-dealkylation sites (tertiary alicyclic amines) is 1. The molecule has 106 valence electrons. The standard InChI is InChI=1S/C15H26N4/c1-2-5-13-6-3-4-7-19(13)10-12-8-14-15(9-16-12)18-11-17-14/h11-13,16H,2-10H2,1H3,(H,17,18). The Morgan fingerprint density at radius 2 is 2.37 bits per heavy atom. The van der Waals surface area contributed by atoms with Crippen LogP contribution in [0.1, 0.15) is 50.4 Å². The number of fused-ring (bicyclic) bond motifs is 1.